The molecule has 4 N–H and O–H groups in total. The van der Waals surface area contributed by atoms with Crippen LogP contribution in [0.25, 0.3) is 90.3 Å². The molecule has 0 amide bonds. The van der Waals surface area contributed by atoms with E-state index in [0.29, 0.717) is 22.2 Å². The number of aromatic nitrogens is 10. The first-order valence-corrected chi connectivity index (χ1v) is 46.0. The Balaban J connectivity index is 0.000000301. The van der Waals surface area contributed by atoms with Gasteiger partial charge in [-0.1, -0.05) is 308 Å². The van der Waals surface area contributed by atoms with Crippen molar-refractivity contribution in [3.63, 3.8) is 0 Å². The van der Waals surface area contributed by atoms with Crippen molar-refractivity contribution in [3.05, 3.63) is 434 Å². The highest BCUT2D eigenvalue weighted by Gasteiger charge is 2.21. The molecule has 0 unspecified atom stereocenters. The third-order valence-corrected chi connectivity index (χ3v) is 23.4. The molecule has 0 atom stereocenters. The minimum atomic E-state index is -1.40. The Bertz CT molecular complexity index is 6310. The number of benzene rings is 11. The number of hydrogen-bond donors (Lipinski definition) is 3. The molecule has 6 aromatic heterocycles. The van der Waals surface area contributed by atoms with E-state index in [-0.39, 0.29) is 43.3 Å². The van der Waals surface area contributed by atoms with E-state index in [2.05, 4.69) is 296 Å². The number of nitrogens with two attached hydrogens (primary N) is 1. The number of pyridine rings is 4. The number of rotatable bonds is 19. The average molecular weight is 2290 g/mol. The summed E-state index contributed by atoms with van der Waals surface area (Å²) in [4.78, 5) is 59.2. The van der Waals surface area contributed by atoms with Crippen LogP contribution >= 0.6 is 162 Å². The Morgan fingerprint density at radius 2 is 0.535 bits per heavy atom. The lowest BCUT2D eigenvalue weighted by Gasteiger charge is -2.13. The molecule has 0 saturated carbocycles. The van der Waals surface area contributed by atoms with Gasteiger partial charge < -0.3 is 10.0 Å². The Kier molecular flexibility index (Phi) is 38.6. The summed E-state index contributed by atoms with van der Waals surface area (Å²) in [7, 11) is -1.40. The zero-order valence-electron chi connectivity index (χ0n) is 67.2. The number of Topliss-reactive ketones (excluding diaryl/α,β-unsaturated/α-hetero) is 2. The third-order valence-electron chi connectivity index (χ3n) is 18.4. The van der Waals surface area contributed by atoms with Crippen molar-refractivity contribution in [1.82, 2.24) is 49.5 Å². The monoisotopic (exact) mass is 2280 g/mol. The van der Waals surface area contributed by atoms with Crippen molar-refractivity contribution >= 4 is 202 Å². The SMILES string of the molecule is Brc1ccc(-c2nnc(-c3ccc(Br)cc3)n2-c2ccc(Br)cc2)cc1.ClC(=NN=C(Cl)c1ccc(Br)cc1)c1ccc(Br)cc1.NN=O.O=C(CCC(=O)c1ccc(Br)cc1)c1ccc(Br)cc1.O=C(Cl)c1ccc(Br)cc1.OB(O)c1cccnc1.[HH].[HH].[HH].[HH].[HH].[HH].c1cncc(-c2ccc(-c3nnc(-c4ccc(-c5cccnc5)cc4)n3-c3ccc(-c4cccnc4)cc3)cc2)c1. The van der Waals surface area contributed by atoms with E-state index in [4.69, 9.17) is 49.8 Å². The summed E-state index contributed by atoms with van der Waals surface area (Å²) in [5, 5.41) is 45.2. The zero-order valence-corrected chi connectivity index (χ0v) is 82.2. The van der Waals surface area contributed by atoms with Crippen LogP contribution in [-0.4, -0.2) is 93.8 Å². The van der Waals surface area contributed by atoms with E-state index in [0.717, 1.165) is 137 Å². The highest BCUT2D eigenvalue weighted by molar-refractivity contribution is 9.11. The molecule has 0 radical (unpaired) electrons. The minimum absolute atomic E-state index is 0. The number of nitroso groups, excluding NO2 is 1. The molecule has 6 heterocycles. The normalized spacial score (nSPS) is 10.7. The van der Waals surface area contributed by atoms with Crippen LogP contribution in [-0.2, 0) is 0 Å². The fraction of sp³-hybridized carbons (Fsp3) is 0.0206. The number of carbonyl (C=O) groups is 3. The number of nitrogens with zero attached hydrogens (tertiary/aromatic N) is 13. The van der Waals surface area contributed by atoms with Gasteiger partial charge in [-0.25, -0.2) is 0 Å². The lowest BCUT2D eigenvalue weighted by atomic mass is 9.82. The van der Waals surface area contributed by atoms with E-state index in [1.807, 2.05) is 170 Å². The molecule has 0 aliphatic heterocycles. The van der Waals surface area contributed by atoms with Crippen LogP contribution in [0.15, 0.2) is 416 Å². The van der Waals surface area contributed by atoms with Crippen LogP contribution in [0.4, 0.5) is 0 Å². The predicted octanol–water partition coefficient (Wildman–Crippen LogP) is 28.2. The van der Waals surface area contributed by atoms with Crippen molar-refractivity contribution in [2.24, 2.45) is 21.3 Å². The van der Waals surface area contributed by atoms with Crippen molar-refractivity contribution in [3.8, 4) is 90.3 Å². The van der Waals surface area contributed by atoms with E-state index in [1.165, 1.54) is 6.20 Å². The highest BCUT2D eigenvalue weighted by Crippen LogP contribution is 2.35. The number of halogens is 11. The van der Waals surface area contributed by atoms with E-state index in [9.17, 15) is 14.4 Å². The van der Waals surface area contributed by atoms with Gasteiger partial charge in [0, 0.05) is 179 Å². The topological polar surface area (TPSA) is 285 Å². The van der Waals surface area contributed by atoms with Crippen molar-refractivity contribution in [2.75, 3.05) is 0 Å². The maximum atomic E-state index is 12.0. The Morgan fingerprint density at radius 3 is 0.783 bits per heavy atom. The van der Waals surface area contributed by atoms with Crippen LogP contribution in [0.3, 0.4) is 0 Å². The molecular weight excluding hydrogens is 2210 g/mol. The summed E-state index contributed by atoms with van der Waals surface area (Å²) in [6.45, 7) is 0. The first kappa shape index (κ1) is 98.3. The lowest BCUT2D eigenvalue weighted by molar-refractivity contribution is 0.0917. The quantitative estimate of drug-likeness (QED) is 0.0129. The summed E-state index contributed by atoms with van der Waals surface area (Å²) < 4.78 is 12.0. The Hall–Kier alpha value is -11.3. The summed E-state index contributed by atoms with van der Waals surface area (Å²) in [5.41, 5.74) is 16.2. The molecule has 0 saturated heterocycles. The number of ketones is 2. The maximum absolute atomic E-state index is 12.0. The second-order valence-corrected chi connectivity index (χ2v) is 35.4. The van der Waals surface area contributed by atoms with Gasteiger partial charge in [-0.3, -0.25) is 49.3 Å². The van der Waals surface area contributed by atoms with Gasteiger partial charge in [0.2, 0.25) is 0 Å². The molecule has 17 aromatic rings. The third kappa shape index (κ3) is 29.9. The zero-order chi connectivity index (χ0) is 91.6. The second-order valence-electron chi connectivity index (χ2n) is 27.0. The van der Waals surface area contributed by atoms with Gasteiger partial charge in [0.1, 0.15) is 0 Å². The average Bonchev–Trinajstić information content (AvgIpc) is 1.64. The minimum Gasteiger partial charge on any atom is -0.423 e. The maximum Gasteiger partial charge on any atom is 0.490 e. The molecule has 11 aromatic carbocycles. The van der Waals surface area contributed by atoms with Crippen LogP contribution in [0.1, 0.15) is 63.6 Å². The van der Waals surface area contributed by atoms with Crippen LogP contribution in [0.2, 0.25) is 0 Å². The van der Waals surface area contributed by atoms with E-state index in [1.54, 1.807) is 90.7 Å². The molecular formula is C97H80BBr8Cl3N14O6. The molecule has 654 valence electrons. The summed E-state index contributed by atoms with van der Waals surface area (Å²) >= 11 is 44.4. The van der Waals surface area contributed by atoms with Crippen LogP contribution < -0.4 is 11.3 Å². The number of carbonyl (C=O) groups excluding carboxylic acids is 3. The number of hydrogen-bond acceptors (Lipinski definition) is 17. The molecule has 0 spiro atoms. The molecule has 0 aliphatic carbocycles. The van der Waals surface area contributed by atoms with Crippen LogP contribution in [0.5, 0.6) is 0 Å². The van der Waals surface area contributed by atoms with Crippen LogP contribution in [0, 0.1) is 4.91 Å². The summed E-state index contributed by atoms with van der Waals surface area (Å²) in [5.74, 6) is 7.04. The van der Waals surface area contributed by atoms with Gasteiger partial charge in [0.25, 0.3) is 5.24 Å². The molecule has 17 rings (SSSR count). The highest BCUT2D eigenvalue weighted by atomic mass is 79.9. The van der Waals surface area contributed by atoms with Gasteiger partial charge in [-0.15, -0.1) is 35.5 Å². The lowest BCUT2D eigenvalue weighted by Crippen LogP contribution is -2.29. The van der Waals surface area contributed by atoms with Gasteiger partial charge >= 0.3 is 7.12 Å². The van der Waals surface area contributed by atoms with Gasteiger partial charge in [-0.2, -0.15) is 0 Å². The predicted molar refractivity (Wildman–Crippen MR) is 558 cm³/mol. The molecule has 129 heavy (non-hydrogen) atoms. The van der Waals surface area contributed by atoms with Gasteiger partial charge in [0.15, 0.2) is 45.2 Å². The van der Waals surface area contributed by atoms with Gasteiger partial charge in [-0.05, 0) is 203 Å². The summed E-state index contributed by atoms with van der Waals surface area (Å²) in [6.07, 6.45) is 14.4. The molecule has 20 nitrogen and oxygen atoms in total. The van der Waals surface area contributed by atoms with Gasteiger partial charge in [0.05, 0.1) is 0 Å². The summed E-state index contributed by atoms with van der Waals surface area (Å²) in [6, 6.07) is 101. The fourth-order valence-corrected chi connectivity index (χ4v) is 14.5. The first-order chi connectivity index (χ1) is 62.5. The molecule has 0 fully saturated rings. The Labute approximate surface area is 834 Å². The molecule has 0 aliphatic rings. The second kappa shape index (κ2) is 50.6. The van der Waals surface area contributed by atoms with E-state index < -0.39 is 12.4 Å². The smallest absolute Gasteiger partial charge is 0.423 e. The molecule has 0 bridgehead atoms. The van der Waals surface area contributed by atoms with E-state index >= 15 is 0 Å². The van der Waals surface area contributed by atoms with Crippen molar-refractivity contribution in [2.45, 2.75) is 12.8 Å². The fourth-order valence-electron chi connectivity index (χ4n) is 11.9. The Morgan fingerprint density at radius 1 is 0.310 bits per heavy atom. The van der Waals surface area contributed by atoms with Crippen molar-refractivity contribution < 1.29 is 33.0 Å². The first-order valence-electron chi connectivity index (χ1n) is 38.5. The van der Waals surface area contributed by atoms with Crippen molar-refractivity contribution in [1.29, 1.82) is 0 Å². The standard InChI is InChI=1S/C35H24N6.C20H12Br3N3.C16H12Br2O2.C14H8Br2Cl2N2.C7H4BrClO.C5H6BNO2.H2N2O.6H2/c1-4-30(22-36-19-1)25-7-11-28(12-8-25)34-39-40-35(29-13-9-26(10-14-29)31-5-2-20-37-23-31)41(34)33-17-15-27(16-18-33)32-6-3-21-38-24-32;21-15-5-1-13(2-6-15)19-24-25-20(14-3-7-16(22)8-4-14)26(19)18-11-9-17(23)10-12-18;17-13-5-1-11(2-6-13)15(19)9-10-16(20)12-3-7-14(18)8-4-12;15-11-5-1-9(2-6-11)13(17)19-20-14(18)10-3-7-12(16)8-4-10;8-6-3-1-5(2-4-6)7(9)10;8-6(9)5-2-1-3-7-4-5;1-2-3;;;;;;/h1-24H;1-12H;1-8H,9-10H2;1-8H;1-4H;1-4,8-9H;(H2,1,3);6*1H. The largest absolute Gasteiger partial charge is 0.490 e. The molecule has 32 heteroatoms.